The Hall–Kier alpha value is -1.35. The van der Waals surface area contributed by atoms with Gasteiger partial charge in [-0.3, -0.25) is 4.79 Å². The Labute approximate surface area is 96.8 Å². The van der Waals surface area contributed by atoms with E-state index >= 15 is 0 Å². The first-order valence-electron chi connectivity index (χ1n) is 5.58. The van der Waals surface area contributed by atoms with E-state index < -0.39 is 0 Å². The Morgan fingerprint density at radius 3 is 2.62 bits per heavy atom. The third-order valence-corrected chi connectivity index (χ3v) is 2.02. The molecular formula is C13H19NO2. The number of carbonyl (C=O) groups excluding carboxylic acids is 1. The minimum absolute atomic E-state index is 0.190. The van der Waals surface area contributed by atoms with E-state index in [4.69, 9.17) is 4.74 Å². The molecule has 88 valence electrons. The van der Waals surface area contributed by atoms with Crippen LogP contribution < -0.4 is 5.32 Å². The zero-order valence-corrected chi connectivity index (χ0v) is 9.90. The summed E-state index contributed by atoms with van der Waals surface area (Å²) in [5.74, 6) is 0.197. The first kappa shape index (κ1) is 12.7. The number of nitrogens with one attached hydrogen (secondary N) is 1. The van der Waals surface area contributed by atoms with Gasteiger partial charge in [-0.25, -0.2) is 0 Å². The van der Waals surface area contributed by atoms with Crippen molar-refractivity contribution in [2.75, 3.05) is 13.2 Å². The summed E-state index contributed by atoms with van der Waals surface area (Å²) in [6, 6.07) is 9.97. The van der Waals surface area contributed by atoms with Gasteiger partial charge >= 0.3 is 5.97 Å². The van der Waals surface area contributed by atoms with Crippen molar-refractivity contribution in [3.05, 3.63) is 35.9 Å². The molecule has 0 spiro atoms. The molecule has 3 nitrogen and oxygen atoms in total. The van der Waals surface area contributed by atoms with Crippen LogP contribution in [0, 0.1) is 5.92 Å². The molecule has 0 fully saturated rings. The fraction of sp³-hybridized carbons (Fsp3) is 0.462. The van der Waals surface area contributed by atoms with Crippen LogP contribution in [0.5, 0.6) is 0 Å². The molecule has 1 aromatic rings. The van der Waals surface area contributed by atoms with E-state index in [1.165, 1.54) is 5.56 Å². The Balaban J connectivity index is 2.13. The quantitative estimate of drug-likeness (QED) is 0.746. The molecule has 1 rings (SSSR count). The van der Waals surface area contributed by atoms with Crippen LogP contribution in [0.3, 0.4) is 0 Å². The third-order valence-electron chi connectivity index (χ3n) is 2.02. The summed E-state index contributed by atoms with van der Waals surface area (Å²) in [6.45, 7) is 5.49. The molecule has 0 aliphatic heterocycles. The molecule has 0 saturated carbocycles. The Morgan fingerprint density at radius 2 is 2.00 bits per heavy atom. The molecule has 0 aromatic heterocycles. The van der Waals surface area contributed by atoms with Gasteiger partial charge in [-0.15, -0.1) is 0 Å². The summed E-state index contributed by atoms with van der Waals surface area (Å²) in [4.78, 5) is 11.3. The predicted octanol–water partition coefficient (Wildman–Crippen LogP) is 1.98. The van der Waals surface area contributed by atoms with E-state index in [2.05, 4.69) is 5.32 Å². The lowest BCUT2D eigenvalue weighted by atomic mass is 10.2. The summed E-state index contributed by atoms with van der Waals surface area (Å²) in [5.41, 5.74) is 1.17. The monoisotopic (exact) mass is 221 g/mol. The maximum Gasteiger partial charge on any atom is 0.319 e. The van der Waals surface area contributed by atoms with Crippen LogP contribution in [-0.2, 0) is 16.1 Å². The molecule has 0 aliphatic carbocycles. The van der Waals surface area contributed by atoms with Crippen molar-refractivity contribution >= 4 is 5.97 Å². The molecule has 0 heterocycles. The molecule has 3 heteroatoms. The van der Waals surface area contributed by atoms with Gasteiger partial charge in [0, 0.05) is 6.54 Å². The van der Waals surface area contributed by atoms with Gasteiger partial charge in [0.2, 0.25) is 0 Å². The van der Waals surface area contributed by atoms with Gasteiger partial charge in [0.15, 0.2) is 0 Å². The summed E-state index contributed by atoms with van der Waals surface area (Å²) in [5, 5.41) is 3.05. The summed E-state index contributed by atoms with van der Waals surface area (Å²) >= 11 is 0. The van der Waals surface area contributed by atoms with Crippen molar-refractivity contribution in [3.8, 4) is 0 Å². The highest BCUT2D eigenvalue weighted by atomic mass is 16.5. The van der Waals surface area contributed by atoms with E-state index in [9.17, 15) is 4.79 Å². The fourth-order valence-corrected chi connectivity index (χ4v) is 1.22. The van der Waals surface area contributed by atoms with Crippen LogP contribution in [0.4, 0.5) is 0 Å². The molecule has 0 bridgehead atoms. The van der Waals surface area contributed by atoms with Crippen LogP contribution in [0.2, 0.25) is 0 Å². The second-order valence-corrected chi connectivity index (χ2v) is 4.17. The molecule has 0 unspecified atom stereocenters. The Kier molecular flexibility index (Phi) is 5.57. The molecule has 1 N–H and O–H groups in total. The summed E-state index contributed by atoms with van der Waals surface area (Å²) in [6.07, 6.45) is 0. The van der Waals surface area contributed by atoms with E-state index in [-0.39, 0.29) is 12.5 Å². The lowest BCUT2D eigenvalue weighted by molar-refractivity contribution is -0.143. The first-order valence-corrected chi connectivity index (χ1v) is 5.58. The Bertz CT molecular complexity index is 309. The predicted molar refractivity (Wildman–Crippen MR) is 63.9 cm³/mol. The largest absolute Gasteiger partial charge is 0.464 e. The number of ether oxygens (including phenoxy) is 1. The number of esters is 1. The number of hydrogen-bond acceptors (Lipinski definition) is 3. The molecule has 1 aromatic carbocycles. The molecule has 0 aliphatic rings. The van der Waals surface area contributed by atoms with E-state index in [0.29, 0.717) is 19.1 Å². The zero-order valence-electron chi connectivity index (χ0n) is 9.90. The van der Waals surface area contributed by atoms with E-state index in [0.717, 1.165) is 0 Å². The number of carbonyl (C=O) groups is 1. The van der Waals surface area contributed by atoms with Gasteiger partial charge in [0.1, 0.15) is 0 Å². The minimum atomic E-state index is -0.190. The van der Waals surface area contributed by atoms with Gasteiger partial charge < -0.3 is 10.1 Å². The maximum atomic E-state index is 11.3. The number of rotatable bonds is 6. The second-order valence-electron chi connectivity index (χ2n) is 4.17. The van der Waals surface area contributed by atoms with Gasteiger partial charge in [0.25, 0.3) is 0 Å². The molecule has 0 radical (unpaired) electrons. The van der Waals surface area contributed by atoms with Gasteiger partial charge in [0.05, 0.1) is 13.2 Å². The standard InChI is InChI=1S/C13H19NO2/c1-11(2)10-16-13(15)9-14-8-12-6-4-3-5-7-12/h3-7,11,14H,8-10H2,1-2H3. The van der Waals surface area contributed by atoms with Crippen LogP contribution in [0.25, 0.3) is 0 Å². The van der Waals surface area contributed by atoms with Crippen molar-refractivity contribution in [1.29, 1.82) is 0 Å². The first-order chi connectivity index (χ1) is 7.68. The molecule has 16 heavy (non-hydrogen) atoms. The summed E-state index contributed by atoms with van der Waals surface area (Å²) in [7, 11) is 0. The van der Waals surface area contributed by atoms with E-state index in [1.807, 2.05) is 44.2 Å². The highest BCUT2D eigenvalue weighted by Gasteiger charge is 2.03. The Morgan fingerprint density at radius 1 is 1.31 bits per heavy atom. The van der Waals surface area contributed by atoms with Crippen molar-refractivity contribution in [2.24, 2.45) is 5.92 Å². The van der Waals surface area contributed by atoms with Crippen LogP contribution in [-0.4, -0.2) is 19.1 Å². The molecular weight excluding hydrogens is 202 g/mol. The SMILES string of the molecule is CC(C)COC(=O)CNCc1ccccc1. The molecule has 0 amide bonds. The van der Waals surface area contributed by atoms with Gasteiger partial charge in [-0.05, 0) is 11.5 Å². The van der Waals surface area contributed by atoms with E-state index in [1.54, 1.807) is 0 Å². The molecule has 0 saturated heterocycles. The normalized spacial score (nSPS) is 10.4. The topological polar surface area (TPSA) is 38.3 Å². The average molecular weight is 221 g/mol. The third kappa shape index (κ3) is 5.51. The maximum absolute atomic E-state index is 11.3. The van der Waals surface area contributed by atoms with Crippen molar-refractivity contribution in [3.63, 3.8) is 0 Å². The van der Waals surface area contributed by atoms with Crippen molar-refractivity contribution < 1.29 is 9.53 Å². The highest BCUT2D eigenvalue weighted by Crippen LogP contribution is 1.97. The lowest BCUT2D eigenvalue weighted by Gasteiger charge is -2.08. The summed E-state index contributed by atoms with van der Waals surface area (Å²) < 4.78 is 5.04. The fourth-order valence-electron chi connectivity index (χ4n) is 1.22. The van der Waals surface area contributed by atoms with Gasteiger partial charge in [-0.1, -0.05) is 44.2 Å². The lowest BCUT2D eigenvalue weighted by Crippen LogP contribution is -2.25. The number of benzene rings is 1. The second kappa shape index (κ2) is 7.01. The van der Waals surface area contributed by atoms with Crippen LogP contribution in [0.15, 0.2) is 30.3 Å². The highest BCUT2D eigenvalue weighted by molar-refractivity contribution is 5.71. The molecule has 0 atom stereocenters. The minimum Gasteiger partial charge on any atom is -0.464 e. The van der Waals surface area contributed by atoms with Gasteiger partial charge in [-0.2, -0.15) is 0 Å². The van der Waals surface area contributed by atoms with Crippen molar-refractivity contribution in [2.45, 2.75) is 20.4 Å². The smallest absolute Gasteiger partial charge is 0.319 e. The number of hydrogen-bond donors (Lipinski definition) is 1. The zero-order chi connectivity index (χ0) is 11.8. The van der Waals surface area contributed by atoms with Crippen molar-refractivity contribution in [1.82, 2.24) is 5.32 Å². The van der Waals surface area contributed by atoms with Crippen LogP contribution in [0.1, 0.15) is 19.4 Å². The van der Waals surface area contributed by atoms with Crippen LogP contribution >= 0.6 is 0 Å². The average Bonchev–Trinajstić information content (AvgIpc) is 2.28.